The normalized spacial score (nSPS) is 24.9. The zero-order valence-corrected chi connectivity index (χ0v) is 16.7. The molecule has 0 heterocycles. The van der Waals surface area contributed by atoms with E-state index in [1.54, 1.807) is 24.3 Å². The van der Waals surface area contributed by atoms with Gasteiger partial charge >= 0.3 is 5.97 Å². The topological polar surface area (TPSA) is 127 Å². The number of para-hydroxylation sites is 1. The number of carboxylic acids is 1. The van der Waals surface area contributed by atoms with Gasteiger partial charge in [0.1, 0.15) is 6.10 Å². The molecule has 0 aromatic heterocycles. The molecule has 0 spiro atoms. The highest BCUT2D eigenvalue weighted by Gasteiger charge is 2.41. The first-order chi connectivity index (χ1) is 13.9. The highest BCUT2D eigenvalue weighted by Crippen LogP contribution is 2.39. The van der Waals surface area contributed by atoms with Gasteiger partial charge in [-0.15, -0.1) is 0 Å². The molecule has 1 aliphatic rings. The Bertz CT molecular complexity index is 637. The van der Waals surface area contributed by atoms with Crippen LogP contribution in [0, 0.1) is 11.8 Å². The lowest BCUT2D eigenvalue weighted by molar-refractivity contribution is -0.137. The van der Waals surface area contributed by atoms with Gasteiger partial charge in [0.2, 0.25) is 0 Å². The van der Waals surface area contributed by atoms with Crippen molar-refractivity contribution in [1.82, 2.24) is 0 Å². The Hall–Kier alpha value is -1.96. The summed E-state index contributed by atoms with van der Waals surface area (Å²) in [4.78, 5) is 22.7. The smallest absolute Gasteiger partial charge is 0.303 e. The maximum atomic E-state index is 12.2. The second-order valence-electron chi connectivity index (χ2n) is 7.99. The summed E-state index contributed by atoms with van der Waals surface area (Å²) in [6, 6.07) is 8.92. The van der Waals surface area contributed by atoms with E-state index in [4.69, 9.17) is 5.11 Å². The predicted molar refractivity (Wildman–Crippen MR) is 109 cm³/mol. The third kappa shape index (κ3) is 7.76. The van der Waals surface area contributed by atoms with Crippen molar-refractivity contribution in [3.05, 3.63) is 30.3 Å². The third-order valence-corrected chi connectivity index (χ3v) is 5.82. The molecule has 1 saturated carbocycles. The van der Waals surface area contributed by atoms with Crippen LogP contribution in [0.1, 0.15) is 57.8 Å². The number of nitrogens with one attached hydrogen (secondary N) is 1. The van der Waals surface area contributed by atoms with Gasteiger partial charge in [0.15, 0.2) is 0 Å². The van der Waals surface area contributed by atoms with Crippen LogP contribution >= 0.6 is 0 Å². The fourth-order valence-electron chi connectivity index (χ4n) is 4.22. The van der Waals surface area contributed by atoms with Crippen LogP contribution in [-0.4, -0.2) is 50.6 Å². The number of aliphatic hydroxyl groups excluding tert-OH is 3. The molecule has 1 amide bonds. The summed E-state index contributed by atoms with van der Waals surface area (Å²) in [5.41, 5.74) is 0.619. The Morgan fingerprint density at radius 1 is 0.966 bits per heavy atom. The molecule has 5 N–H and O–H groups in total. The molecule has 5 atom stereocenters. The Morgan fingerprint density at radius 2 is 1.59 bits per heavy atom. The van der Waals surface area contributed by atoms with Crippen LogP contribution in [0.3, 0.4) is 0 Å². The van der Waals surface area contributed by atoms with E-state index >= 15 is 0 Å². The van der Waals surface area contributed by atoms with E-state index in [-0.39, 0.29) is 24.7 Å². The zero-order chi connectivity index (χ0) is 21.2. The summed E-state index contributed by atoms with van der Waals surface area (Å²) in [5, 5.41) is 42.1. The first-order valence-corrected chi connectivity index (χ1v) is 10.5. The lowest BCUT2D eigenvalue weighted by Gasteiger charge is -2.24. The molecule has 0 saturated heterocycles. The second-order valence-corrected chi connectivity index (χ2v) is 7.99. The lowest BCUT2D eigenvalue weighted by Crippen LogP contribution is -2.30. The zero-order valence-electron chi connectivity index (χ0n) is 16.7. The Kier molecular flexibility index (Phi) is 9.57. The van der Waals surface area contributed by atoms with E-state index in [0.29, 0.717) is 24.9 Å². The van der Waals surface area contributed by atoms with E-state index in [0.717, 1.165) is 25.7 Å². The number of carboxylic acid groups (broad SMARTS) is 1. The van der Waals surface area contributed by atoms with Gasteiger partial charge < -0.3 is 25.7 Å². The quantitative estimate of drug-likeness (QED) is 0.339. The molecule has 2 rings (SSSR count). The molecule has 0 aliphatic heterocycles. The van der Waals surface area contributed by atoms with E-state index in [9.17, 15) is 24.9 Å². The number of benzene rings is 1. The monoisotopic (exact) mass is 407 g/mol. The summed E-state index contributed by atoms with van der Waals surface area (Å²) in [6.07, 6.45) is 2.79. The average Bonchev–Trinajstić information content (AvgIpc) is 2.95. The Morgan fingerprint density at radius 3 is 2.24 bits per heavy atom. The summed E-state index contributed by atoms with van der Waals surface area (Å²) >= 11 is 0. The maximum Gasteiger partial charge on any atom is 0.303 e. The number of carbonyl (C=O) groups excluding carboxylic acids is 1. The second kappa shape index (κ2) is 11.9. The van der Waals surface area contributed by atoms with Crippen molar-refractivity contribution in [3.63, 3.8) is 0 Å². The molecular formula is C22H33NO6. The summed E-state index contributed by atoms with van der Waals surface area (Å²) in [5.74, 6) is -1.47. The SMILES string of the molecule is O=C(O)CCCCCC[C@H]1C(O)CC(O)[C@@H]1CCC(O)C(=O)Nc1ccccc1. The number of hydrogen-bond acceptors (Lipinski definition) is 5. The molecule has 3 unspecified atom stereocenters. The van der Waals surface area contributed by atoms with Gasteiger partial charge in [-0.3, -0.25) is 9.59 Å². The van der Waals surface area contributed by atoms with Crippen LogP contribution < -0.4 is 5.32 Å². The maximum absolute atomic E-state index is 12.2. The summed E-state index contributed by atoms with van der Waals surface area (Å²) < 4.78 is 0. The predicted octanol–water partition coefficient (Wildman–Crippen LogP) is 2.55. The first-order valence-electron chi connectivity index (χ1n) is 10.5. The fourth-order valence-corrected chi connectivity index (χ4v) is 4.22. The largest absolute Gasteiger partial charge is 0.481 e. The van der Waals surface area contributed by atoms with Gasteiger partial charge in [-0.05, 0) is 56.1 Å². The van der Waals surface area contributed by atoms with Gasteiger partial charge in [0.05, 0.1) is 12.2 Å². The number of aliphatic carboxylic acids is 1. The number of carbonyl (C=O) groups is 2. The van der Waals surface area contributed by atoms with E-state index in [2.05, 4.69) is 5.32 Å². The molecule has 0 radical (unpaired) electrons. The van der Waals surface area contributed by atoms with Crippen LogP contribution in [0.15, 0.2) is 30.3 Å². The van der Waals surface area contributed by atoms with E-state index in [1.165, 1.54) is 0 Å². The first kappa shape index (κ1) is 23.3. The van der Waals surface area contributed by atoms with Crippen LogP contribution in [-0.2, 0) is 9.59 Å². The highest BCUT2D eigenvalue weighted by molar-refractivity contribution is 5.93. The third-order valence-electron chi connectivity index (χ3n) is 5.82. The Balaban J connectivity index is 1.76. The molecule has 7 nitrogen and oxygen atoms in total. The minimum atomic E-state index is -1.17. The highest BCUT2D eigenvalue weighted by atomic mass is 16.4. The molecule has 0 bridgehead atoms. The van der Waals surface area contributed by atoms with Crippen molar-refractivity contribution in [2.75, 3.05) is 5.32 Å². The summed E-state index contributed by atoms with van der Waals surface area (Å²) in [6.45, 7) is 0. The van der Waals surface area contributed by atoms with Crippen molar-refractivity contribution < 1.29 is 30.0 Å². The van der Waals surface area contributed by atoms with Gasteiger partial charge in [-0.25, -0.2) is 0 Å². The number of hydrogen-bond donors (Lipinski definition) is 5. The van der Waals surface area contributed by atoms with Crippen molar-refractivity contribution >= 4 is 17.6 Å². The molecule has 29 heavy (non-hydrogen) atoms. The number of amides is 1. The van der Waals surface area contributed by atoms with Gasteiger partial charge in [-0.2, -0.15) is 0 Å². The lowest BCUT2D eigenvalue weighted by atomic mass is 9.85. The van der Waals surface area contributed by atoms with E-state index in [1.807, 2.05) is 6.07 Å². The van der Waals surface area contributed by atoms with Gasteiger partial charge in [-0.1, -0.05) is 37.5 Å². The van der Waals surface area contributed by atoms with Crippen molar-refractivity contribution in [1.29, 1.82) is 0 Å². The summed E-state index contributed by atoms with van der Waals surface area (Å²) in [7, 11) is 0. The van der Waals surface area contributed by atoms with Gasteiger partial charge in [0, 0.05) is 12.1 Å². The van der Waals surface area contributed by atoms with Gasteiger partial charge in [0.25, 0.3) is 5.91 Å². The van der Waals surface area contributed by atoms with Crippen LogP contribution in [0.4, 0.5) is 5.69 Å². The molecular weight excluding hydrogens is 374 g/mol. The molecule has 1 fully saturated rings. The number of aliphatic hydroxyl groups is 3. The molecule has 1 aliphatic carbocycles. The molecule has 162 valence electrons. The van der Waals surface area contributed by atoms with Crippen molar-refractivity contribution in [2.45, 2.75) is 76.1 Å². The number of anilines is 1. The van der Waals surface area contributed by atoms with Crippen molar-refractivity contribution in [2.24, 2.45) is 11.8 Å². The Labute approximate surface area is 171 Å². The molecule has 1 aromatic rings. The molecule has 7 heteroatoms. The van der Waals surface area contributed by atoms with E-state index < -0.39 is 30.2 Å². The standard InChI is InChI=1S/C22H33NO6/c24-18(22(29)23-15-8-4-3-5-9-15)13-12-17-16(19(25)14-20(17)26)10-6-1-2-7-11-21(27)28/h3-5,8-9,16-20,24-26H,1-2,6-7,10-14H2,(H,23,29)(H,27,28)/t16-,17-,18?,19?,20?/m1/s1. The minimum absolute atomic E-state index is 0.0612. The van der Waals surface area contributed by atoms with Crippen LogP contribution in [0.25, 0.3) is 0 Å². The van der Waals surface area contributed by atoms with Crippen molar-refractivity contribution in [3.8, 4) is 0 Å². The average molecular weight is 408 g/mol. The molecule has 1 aromatic carbocycles. The van der Waals surface area contributed by atoms with Crippen LogP contribution in [0.5, 0.6) is 0 Å². The number of rotatable bonds is 12. The van der Waals surface area contributed by atoms with Crippen LogP contribution in [0.2, 0.25) is 0 Å². The fraction of sp³-hybridized carbons (Fsp3) is 0.636. The minimum Gasteiger partial charge on any atom is -0.481 e. The number of unbranched alkanes of at least 4 members (excludes halogenated alkanes) is 3.